The van der Waals surface area contributed by atoms with Crippen molar-refractivity contribution < 1.29 is 9.90 Å². The van der Waals surface area contributed by atoms with Gasteiger partial charge < -0.3 is 15.4 Å². The van der Waals surface area contributed by atoms with E-state index in [2.05, 4.69) is 4.98 Å². The number of imidazole rings is 1. The normalized spacial score (nSPS) is 12.9. The summed E-state index contributed by atoms with van der Waals surface area (Å²) >= 11 is 0. The molecule has 1 atom stereocenters. The molecule has 0 unspecified atom stereocenters. The lowest BCUT2D eigenvalue weighted by molar-refractivity contribution is -0.138. The van der Waals surface area contributed by atoms with Crippen LogP contribution in [0.5, 0.6) is 0 Å². The van der Waals surface area contributed by atoms with E-state index in [4.69, 9.17) is 10.8 Å². The van der Waals surface area contributed by atoms with Crippen LogP contribution in [-0.4, -0.2) is 20.6 Å². The number of carboxylic acids is 1. The van der Waals surface area contributed by atoms with E-state index in [1.807, 2.05) is 0 Å². The molecule has 5 nitrogen and oxygen atoms in total. The average Bonchev–Trinajstić information content (AvgIpc) is 2.33. The van der Waals surface area contributed by atoms with E-state index in [-0.39, 0.29) is 0 Å². The highest BCUT2D eigenvalue weighted by Crippen LogP contribution is 2.05. The van der Waals surface area contributed by atoms with Crippen molar-refractivity contribution in [2.24, 2.45) is 12.8 Å². The molecule has 0 saturated carbocycles. The summed E-state index contributed by atoms with van der Waals surface area (Å²) < 4.78 is 1.58. The summed E-state index contributed by atoms with van der Waals surface area (Å²) in [6.45, 7) is 0. The summed E-state index contributed by atoms with van der Waals surface area (Å²) in [5.74, 6) is -0.711. The Labute approximate surface area is 63.5 Å². The minimum Gasteiger partial charge on any atom is -0.480 e. The zero-order valence-electron chi connectivity index (χ0n) is 6.06. The van der Waals surface area contributed by atoms with Crippen LogP contribution in [0.15, 0.2) is 12.4 Å². The van der Waals surface area contributed by atoms with Gasteiger partial charge in [0.05, 0.1) is 0 Å². The van der Waals surface area contributed by atoms with Gasteiger partial charge in [0.15, 0.2) is 6.04 Å². The lowest BCUT2D eigenvalue weighted by atomic mass is 10.3. The third-order valence-corrected chi connectivity index (χ3v) is 1.40. The summed E-state index contributed by atoms with van der Waals surface area (Å²) in [6, 6.07) is -1.03. The fraction of sp³-hybridized carbons (Fsp3) is 0.333. The second kappa shape index (κ2) is 2.71. The van der Waals surface area contributed by atoms with Gasteiger partial charge >= 0.3 is 5.97 Å². The van der Waals surface area contributed by atoms with E-state index >= 15 is 0 Å². The zero-order chi connectivity index (χ0) is 8.43. The van der Waals surface area contributed by atoms with Crippen LogP contribution < -0.4 is 5.73 Å². The number of aromatic nitrogens is 2. The fourth-order valence-corrected chi connectivity index (χ4v) is 0.787. The van der Waals surface area contributed by atoms with Crippen LogP contribution in [0.4, 0.5) is 0 Å². The summed E-state index contributed by atoms with van der Waals surface area (Å²) in [7, 11) is 1.70. The molecule has 0 amide bonds. The Morgan fingerprint density at radius 1 is 1.91 bits per heavy atom. The molecule has 0 spiro atoms. The molecule has 1 rings (SSSR count). The first-order valence-electron chi connectivity index (χ1n) is 3.08. The molecular weight excluding hydrogens is 146 g/mol. The molecule has 0 bridgehead atoms. The van der Waals surface area contributed by atoms with E-state index in [1.165, 1.54) is 6.20 Å². The molecular formula is C6H9N3O2. The first-order chi connectivity index (χ1) is 5.13. The van der Waals surface area contributed by atoms with E-state index < -0.39 is 12.0 Å². The number of nitrogens with two attached hydrogens (primary N) is 1. The van der Waals surface area contributed by atoms with Crippen LogP contribution in [-0.2, 0) is 11.8 Å². The zero-order valence-corrected chi connectivity index (χ0v) is 6.06. The first kappa shape index (κ1) is 7.74. The van der Waals surface area contributed by atoms with E-state index in [0.29, 0.717) is 5.82 Å². The molecule has 0 saturated heterocycles. The molecule has 0 radical (unpaired) electrons. The Morgan fingerprint density at radius 3 is 2.91 bits per heavy atom. The van der Waals surface area contributed by atoms with Crippen LogP contribution >= 0.6 is 0 Å². The third kappa shape index (κ3) is 1.38. The molecule has 0 aromatic carbocycles. The van der Waals surface area contributed by atoms with Crippen LogP contribution in [0.2, 0.25) is 0 Å². The second-order valence-corrected chi connectivity index (χ2v) is 2.21. The number of carbonyl (C=O) groups is 1. The standard InChI is InChI=1S/C6H9N3O2/c1-9-3-2-8-5(9)4(7)6(10)11/h2-4H,7H2,1H3,(H,10,11)/t4-/m0/s1. The molecule has 1 aromatic heterocycles. The minimum atomic E-state index is -1.07. The largest absolute Gasteiger partial charge is 0.480 e. The van der Waals surface area contributed by atoms with E-state index in [0.717, 1.165) is 0 Å². The van der Waals surface area contributed by atoms with Crippen LogP contribution in [0.3, 0.4) is 0 Å². The minimum absolute atomic E-state index is 0.359. The van der Waals surface area contributed by atoms with Gasteiger partial charge in [-0.05, 0) is 0 Å². The number of hydrogen-bond donors (Lipinski definition) is 2. The van der Waals surface area contributed by atoms with Gasteiger partial charge in [0.25, 0.3) is 0 Å². The monoisotopic (exact) mass is 155 g/mol. The number of carboxylic acid groups (broad SMARTS) is 1. The predicted octanol–water partition coefficient (Wildman–Crippen LogP) is -0.496. The molecule has 0 aliphatic carbocycles. The van der Waals surface area contributed by atoms with Gasteiger partial charge in [-0.2, -0.15) is 0 Å². The number of hydrogen-bond acceptors (Lipinski definition) is 3. The second-order valence-electron chi connectivity index (χ2n) is 2.21. The Hall–Kier alpha value is -1.36. The Bertz CT molecular complexity index is 269. The maximum atomic E-state index is 10.4. The van der Waals surface area contributed by atoms with E-state index in [1.54, 1.807) is 17.8 Å². The average molecular weight is 155 g/mol. The van der Waals surface area contributed by atoms with Gasteiger partial charge in [0, 0.05) is 19.4 Å². The highest BCUT2D eigenvalue weighted by Gasteiger charge is 2.17. The van der Waals surface area contributed by atoms with Crippen LogP contribution in [0, 0.1) is 0 Å². The predicted molar refractivity (Wildman–Crippen MR) is 37.8 cm³/mol. The maximum absolute atomic E-state index is 10.4. The van der Waals surface area contributed by atoms with Gasteiger partial charge in [-0.15, -0.1) is 0 Å². The SMILES string of the molecule is Cn1ccnc1[C@H](N)C(=O)O. The van der Waals surface area contributed by atoms with Crippen molar-refractivity contribution in [2.45, 2.75) is 6.04 Å². The summed E-state index contributed by atoms with van der Waals surface area (Å²) in [5, 5.41) is 8.50. The van der Waals surface area contributed by atoms with Crippen LogP contribution in [0.1, 0.15) is 11.9 Å². The van der Waals surface area contributed by atoms with Crippen molar-refractivity contribution in [3.63, 3.8) is 0 Å². The molecule has 1 heterocycles. The van der Waals surface area contributed by atoms with Gasteiger partial charge in [-0.1, -0.05) is 0 Å². The molecule has 0 aliphatic heterocycles. The topological polar surface area (TPSA) is 81.1 Å². The number of rotatable bonds is 2. The van der Waals surface area contributed by atoms with Crippen molar-refractivity contribution in [2.75, 3.05) is 0 Å². The molecule has 11 heavy (non-hydrogen) atoms. The summed E-state index contributed by atoms with van der Waals surface area (Å²) in [6.07, 6.45) is 3.16. The number of aliphatic carboxylic acids is 1. The van der Waals surface area contributed by atoms with Crippen molar-refractivity contribution >= 4 is 5.97 Å². The Balaban J connectivity index is 2.92. The summed E-state index contributed by atoms with van der Waals surface area (Å²) in [4.78, 5) is 14.2. The molecule has 5 heteroatoms. The molecule has 60 valence electrons. The van der Waals surface area contributed by atoms with Crippen molar-refractivity contribution in [3.8, 4) is 0 Å². The van der Waals surface area contributed by atoms with E-state index in [9.17, 15) is 4.79 Å². The van der Waals surface area contributed by atoms with Gasteiger partial charge in [-0.3, -0.25) is 4.79 Å². The van der Waals surface area contributed by atoms with Gasteiger partial charge in [0.2, 0.25) is 0 Å². The Kier molecular flexibility index (Phi) is 1.91. The molecule has 0 aliphatic rings. The number of aryl methyl sites for hydroxylation is 1. The fourth-order valence-electron chi connectivity index (χ4n) is 0.787. The third-order valence-electron chi connectivity index (χ3n) is 1.40. The molecule has 1 aromatic rings. The summed E-state index contributed by atoms with van der Waals surface area (Å²) in [5.41, 5.74) is 5.30. The molecule has 3 N–H and O–H groups in total. The van der Waals surface area contributed by atoms with Gasteiger partial charge in [0.1, 0.15) is 5.82 Å². The Morgan fingerprint density at radius 2 is 2.55 bits per heavy atom. The first-order valence-corrected chi connectivity index (χ1v) is 3.08. The lowest BCUT2D eigenvalue weighted by Gasteiger charge is -2.04. The van der Waals surface area contributed by atoms with Crippen molar-refractivity contribution in [1.82, 2.24) is 9.55 Å². The highest BCUT2D eigenvalue weighted by atomic mass is 16.4. The molecule has 0 fully saturated rings. The van der Waals surface area contributed by atoms with Crippen molar-refractivity contribution in [3.05, 3.63) is 18.2 Å². The van der Waals surface area contributed by atoms with Gasteiger partial charge in [-0.25, -0.2) is 4.98 Å². The van der Waals surface area contributed by atoms with Crippen LogP contribution in [0.25, 0.3) is 0 Å². The smallest absolute Gasteiger partial charge is 0.328 e. The lowest BCUT2D eigenvalue weighted by Crippen LogP contribution is -2.23. The number of nitrogens with zero attached hydrogens (tertiary/aromatic N) is 2. The highest BCUT2D eigenvalue weighted by molar-refractivity contribution is 5.73. The maximum Gasteiger partial charge on any atom is 0.328 e. The quantitative estimate of drug-likeness (QED) is 0.603. The van der Waals surface area contributed by atoms with Crippen molar-refractivity contribution in [1.29, 1.82) is 0 Å².